The van der Waals surface area contributed by atoms with Crippen molar-refractivity contribution in [1.29, 1.82) is 0 Å². The van der Waals surface area contributed by atoms with Gasteiger partial charge in [-0.2, -0.15) is 10.2 Å². The number of hydrogen-bond donors (Lipinski definition) is 1. The molecule has 5 nitrogen and oxygen atoms in total. The van der Waals surface area contributed by atoms with Crippen molar-refractivity contribution in [2.75, 3.05) is 0 Å². The maximum Gasteiger partial charge on any atom is 0.0693 e. The van der Waals surface area contributed by atoms with E-state index < -0.39 is 0 Å². The first-order valence-corrected chi connectivity index (χ1v) is 7.89. The van der Waals surface area contributed by atoms with E-state index in [0.717, 1.165) is 32.2 Å². The Morgan fingerprint density at radius 1 is 1.24 bits per heavy atom. The highest BCUT2D eigenvalue weighted by Gasteiger charge is 2.17. The highest BCUT2D eigenvalue weighted by atomic mass is 15.3. The summed E-state index contributed by atoms with van der Waals surface area (Å²) in [5.74, 6) is 0. The minimum Gasteiger partial charge on any atom is -0.327 e. The molecule has 2 aromatic rings. The number of hydrogen-bond acceptors (Lipinski definition) is 3. The molecule has 0 saturated heterocycles. The minimum absolute atomic E-state index is 0.219. The summed E-state index contributed by atoms with van der Waals surface area (Å²) in [6.45, 7) is 7.28. The van der Waals surface area contributed by atoms with Gasteiger partial charge in [0.25, 0.3) is 0 Å². The highest BCUT2D eigenvalue weighted by Crippen LogP contribution is 2.19. The van der Waals surface area contributed by atoms with Crippen molar-refractivity contribution >= 4 is 0 Å². The van der Waals surface area contributed by atoms with Crippen LogP contribution in [0.1, 0.15) is 49.7 Å². The predicted octanol–water partition coefficient (Wildman–Crippen LogP) is 2.07. The van der Waals surface area contributed by atoms with E-state index in [0.29, 0.717) is 0 Å². The first-order valence-electron chi connectivity index (χ1n) is 7.89. The molecule has 21 heavy (non-hydrogen) atoms. The Morgan fingerprint density at radius 2 is 2.00 bits per heavy atom. The van der Waals surface area contributed by atoms with Crippen LogP contribution in [0.5, 0.6) is 0 Å². The summed E-state index contributed by atoms with van der Waals surface area (Å²) in [7, 11) is 1.94. The zero-order valence-electron chi connectivity index (χ0n) is 13.6. The molecule has 116 valence electrons. The zero-order valence-corrected chi connectivity index (χ0v) is 13.6. The standard InChI is InChI=1S/C16H27N5/c1-5-13(17)8-14-15(6-2)19-21(16(14)7-3)11-12-9-18-20(4)10-12/h9-10,13H,5-8,11,17H2,1-4H3. The number of rotatable bonds is 7. The van der Waals surface area contributed by atoms with Crippen LogP contribution in [0.3, 0.4) is 0 Å². The Kier molecular flexibility index (Phi) is 5.17. The lowest BCUT2D eigenvalue weighted by molar-refractivity contribution is 0.626. The Hall–Kier alpha value is -1.62. The van der Waals surface area contributed by atoms with E-state index in [1.54, 1.807) is 0 Å². The zero-order chi connectivity index (χ0) is 15.4. The molecule has 0 saturated carbocycles. The Balaban J connectivity index is 2.32. The number of aryl methyl sites for hydroxylation is 2. The van der Waals surface area contributed by atoms with Gasteiger partial charge in [0.2, 0.25) is 0 Å². The van der Waals surface area contributed by atoms with Gasteiger partial charge in [-0.15, -0.1) is 0 Å². The van der Waals surface area contributed by atoms with Gasteiger partial charge in [-0.05, 0) is 31.2 Å². The van der Waals surface area contributed by atoms with Crippen molar-refractivity contribution in [3.8, 4) is 0 Å². The Labute approximate surface area is 127 Å². The van der Waals surface area contributed by atoms with Crippen LogP contribution in [0, 0.1) is 0 Å². The van der Waals surface area contributed by atoms with E-state index in [9.17, 15) is 0 Å². The van der Waals surface area contributed by atoms with Crippen molar-refractivity contribution in [3.05, 3.63) is 34.9 Å². The second-order valence-electron chi connectivity index (χ2n) is 5.63. The molecule has 0 radical (unpaired) electrons. The predicted molar refractivity (Wildman–Crippen MR) is 85.3 cm³/mol. The fourth-order valence-electron chi connectivity index (χ4n) is 2.77. The SMILES string of the molecule is CCc1nn(Cc2cnn(C)c2)c(CC)c1CC(N)CC. The lowest BCUT2D eigenvalue weighted by atomic mass is 10.00. The molecule has 0 aliphatic rings. The molecule has 0 bridgehead atoms. The first-order chi connectivity index (χ1) is 10.1. The monoisotopic (exact) mass is 289 g/mol. The van der Waals surface area contributed by atoms with Crippen LogP contribution in [0.25, 0.3) is 0 Å². The van der Waals surface area contributed by atoms with Crippen molar-refractivity contribution in [2.45, 2.75) is 59.0 Å². The average Bonchev–Trinajstić information content (AvgIpc) is 3.02. The molecule has 2 rings (SSSR count). The van der Waals surface area contributed by atoms with E-state index in [1.165, 1.54) is 22.5 Å². The summed E-state index contributed by atoms with van der Waals surface area (Å²) in [5, 5.41) is 9.05. The van der Waals surface area contributed by atoms with Crippen LogP contribution in [0.2, 0.25) is 0 Å². The number of nitrogens with zero attached hydrogens (tertiary/aromatic N) is 4. The molecule has 0 aliphatic heterocycles. The van der Waals surface area contributed by atoms with Gasteiger partial charge in [-0.3, -0.25) is 9.36 Å². The van der Waals surface area contributed by atoms with E-state index in [2.05, 4.69) is 30.6 Å². The van der Waals surface area contributed by atoms with Crippen LogP contribution >= 0.6 is 0 Å². The second-order valence-corrected chi connectivity index (χ2v) is 5.63. The van der Waals surface area contributed by atoms with Crippen molar-refractivity contribution in [1.82, 2.24) is 19.6 Å². The molecule has 1 unspecified atom stereocenters. The number of nitrogens with two attached hydrogens (primary N) is 1. The maximum absolute atomic E-state index is 6.17. The van der Waals surface area contributed by atoms with Crippen molar-refractivity contribution in [3.63, 3.8) is 0 Å². The Bertz CT molecular complexity index is 582. The normalized spacial score (nSPS) is 12.8. The molecule has 0 aliphatic carbocycles. The molecule has 2 heterocycles. The summed E-state index contributed by atoms with van der Waals surface area (Å²) >= 11 is 0. The van der Waals surface area contributed by atoms with Gasteiger partial charge in [-0.1, -0.05) is 20.8 Å². The van der Waals surface area contributed by atoms with Crippen LogP contribution in [-0.4, -0.2) is 25.6 Å². The van der Waals surface area contributed by atoms with Gasteiger partial charge in [0.15, 0.2) is 0 Å². The van der Waals surface area contributed by atoms with Crippen molar-refractivity contribution in [2.24, 2.45) is 12.8 Å². The first kappa shape index (κ1) is 15.8. The van der Waals surface area contributed by atoms with Gasteiger partial charge >= 0.3 is 0 Å². The van der Waals surface area contributed by atoms with Gasteiger partial charge in [-0.25, -0.2) is 0 Å². The summed E-state index contributed by atoms with van der Waals surface area (Å²) in [4.78, 5) is 0. The lowest BCUT2D eigenvalue weighted by Gasteiger charge is -2.11. The van der Waals surface area contributed by atoms with Crippen molar-refractivity contribution < 1.29 is 0 Å². The number of aromatic nitrogens is 4. The molecule has 0 aromatic carbocycles. The quantitative estimate of drug-likeness (QED) is 0.849. The van der Waals surface area contributed by atoms with E-state index >= 15 is 0 Å². The summed E-state index contributed by atoms with van der Waals surface area (Å²) in [6, 6.07) is 0.219. The van der Waals surface area contributed by atoms with Crippen LogP contribution in [-0.2, 0) is 32.9 Å². The third-order valence-electron chi connectivity index (χ3n) is 4.00. The Morgan fingerprint density at radius 3 is 2.52 bits per heavy atom. The van der Waals surface area contributed by atoms with Crippen LogP contribution in [0.4, 0.5) is 0 Å². The summed E-state index contributed by atoms with van der Waals surface area (Å²) in [6.07, 6.45) is 7.82. The molecular weight excluding hydrogens is 262 g/mol. The molecule has 2 N–H and O–H groups in total. The smallest absolute Gasteiger partial charge is 0.0693 e. The fraction of sp³-hybridized carbons (Fsp3) is 0.625. The average molecular weight is 289 g/mol. The topological polar surface area (TPSA) is 61.7 Å². The van der Waals surface area contributed by atoms with Gasteiger partial charge in [0, 0.05) is 30.5 Å². The molecular formula is C16H27N5. The lowest BCUT2D eigenvalue weighted by Crippen LogP contribution is -2.22. The van der Waals surface area contributed by atoms with Crippen LogP contribution in [0.15, 0.2) is 12.4 Å². The second kappa shape index (κ2) is 6.89. The van der Waals surface area contributed by atoms with Crippen LogP contribution < -0.4 is 5.73 Å². The third kappa shape index (κ3) is 3.53. The molecule has 5 heteroatoms. The van der Waals surface area contributed by atoms with Gasteiger partial charge in [0.05, 0.1) is 18.4 Å². The van der Waals surface area contributed by atoms with E-state index in [-0.39, 0.29) is 6.04 Å². The van der Waals surface area contributed by atoms with Gasteiger partial charge in [0.1, 0.15) is 0 Å². The molecule has 0 fully saturated rings. The van der Waals surface area contributed by atoms with Gasteiger partial charge < -0.3 is 5.73 Å². The van der Waals surface area contributed by atoms with E-state index in [1.807, 2.05) is 24.1 Å². The molecule has 0 spiro atoms. The molecule has 0 amide bonds. The molecule has 2 aromatic heterocycles. The maximum atomic E-state index is 6.17. The minimum atomic E-state index is 0.219. The third-order valence-corrected chi connectivity index (χ3v) is 4.00. The summed E-state index contributed by atoms with van der Waals surface area (Å²) in [5.41, 5.74) is 11.2. The fourth-order valence-corrected chi connectivity index (χ4v) is 2.77. The van der Waals surface area contributed by atoms with E-state index in [4.69, 9.17) is 10.8 Å². The molecule has 1 atom stereocenters. The largest absolute Gasteiger partial charge is 0.327 e. The highest BCUT2D eigenvalue weighted by molar-refractivity contribution is 5.28. The summed E-state index contributed by atoms with van der Waals surface area (Å²) < 4.78 is 3.96.